The van der Waals surface area contributed by atoms with E-state index in [4.69, 9.17) is 0 Å². The molecule has 0 radical (unpaired) electrons. The maximum Gasteiger partial charge on any atom is 0.151 e. The van der Waals surface area contributed by atoms with Gasteiger partial charge in [-0.25, -0.2) is 0 Å². The number of carbonyl (C=O) groups is 1. The topological polar surface area (TPSA) is 17.1 Å². The summed E-state index contributed by atoms with van der Waals surface area (Å²) in [5, 5.41) is 0. The molecular weight excluding hydrogens is 268 g/mol. The molecule has 2 rings (SSSR count). The molecular formula is C21H22O. The fraction of sp³-hybridized carbons (Fsp3) is 0.286. The molecule has 1 nitrogen and oxygen atoms in total. The van der Waals surface area contributed by atoms with Crippen LogP contribution in [0.3, 0.4) is 0 Å². The Bertz CT molecular complexity index is 659. The van der Waals surface area contributed by atoms with Gasteiger partial charge in [-0.1, -0.05) is 68.4 Å². The van der Waals surface area contributed by atoms with Gasteiger partial charge in [0.1, 0.15) is 0 Å². The van der Waals surface area contributed by atoms with Crippen LogP contribution in [0.4, 0.5) is 0 Å². The molecule has 0 aliphatic heterocycles. The lowest BCUT2D eigenvalue weighted by molar-refractivity contribution is 0.112. The largest absolute Gasteiger partial charge is 0.298 e. The van der Waals surface area contributed by atoms with Crippen molar-refractivity contribution in [3.63, 3.8) is 0 Å². The molecule has 0 aliphatic rings. The molecule has 2 aromatic rings. The van der Waals surface area contributed by atoms with Crippen LogP contribution < -0.4 is 0 Å². The average Bonchev–Trinajstić information content (AvgIpc) is 2.58. The maximum atomic E-state index is 11.2. The Morgan fingerprint density at radius 3 is 2.50 bits per heavy atom. The van der Waals surface area contributed by atoms with Crippen molar-refractivity contribution in [1.82, 2.24) is 0 Å². The minimum absolute atomic E-state index is 0.667. The Kier molecular flexibility index (Phi) is 6.45. The Morgan fingerprint density at radius 1 is 0.955 bits per heavy atom. The third-order valence-electron chi connectivity index (χ3n) is 3.68. The van der Waals surface area contributed by atoms with E-state index in [1.807, 2.05) is 42.5 Å². The number of unbranched alkanes of at least 4 members (excludes halogenated alkanes) is 3. The lowest BCUT2D eigenvalue weighted by atomic mass is 10.0. The first kappa shape index (κ1) is 16.0. The Labute approximate surface area is 133 Å². The lowest BCUT2D eigenvalue weighted by Gasteiger charge is -2.04. The zero-order chi connectivity index (χ0) is 15.6. The van der Waals surface area contributed by atoms with Crippen LogP contribution in [-0.4, -0.2) is 6.29 Å². The van der Waals surface area contributed by atoms with Gasteiger partial charge >= 0.3 is 0 Å². The van der Waals surface area contributed by atoms with Crippen LogP contribution in [0, 0.1) is 11.8 Å². The summed E-state index contributed by atoms with van der Waals surface area (Å²) in [7, 11) is 0. The van der Waals surface area contributed by atoms with Gasteiger partial charge in [-0.15, -0.1) is 0 Å². The summed E-state index contributed by atoms with van der Waals surface area (Å²) in [5.74, 6) is 6.27. The van der Waals surface area contributed by atoms with Crippen molar-refractivity contribution in [2.24, 2.45) is 0 Å². The highest BCUT2D eigenvalue weighted by Gasteiger charge is 2.01. The summed E-state index contributed by atoms with van der Waals surface area (Å²) in [4.78, 5) is 11.2. The Hall–Kier alpha value is -2.33. The van der Waals surface area contributed by atoms with Gasteiger partial charge in [0.2, 0.25) is 0 Å². The zero-order valence-corrected chi connectivity index (χ0v) is 13.1. The van der Waals surface area contributed by atoms with Gasteiger partial charge in [0, 0.05) is 16.7 Å². The molecule has 0 aliphatic carbocycles. The molecule has 0 saturated carbocycles. The zero-order valence-electron chi connectivity index (χ0n) is 13.1. The predicted octanol–water partition coefficient (Wildman–Crippen LogP) is 5.02. The summed E-state index contributed by atoms with van der Waals surface area (Å²) in [6.07, 6.45) is 6.93. The van der Waals surface area contributed by atoms with Crippen molar-refractivity contribution < 1.29 is 4.79 Å². The SMILES string of the molecule is CCCCCCc1ccc(C=O)c(C#Cc2ccccc2)c1. The molecule has 0 bridgehead atoms. The molecule has 0 N–H and O–H groups in total. The predicted molar refractivity (Wildman–Crippen MR) is 92.1 cm³/mol. The molecule has 0 aromatic heterocycles. The second-order valence-corrected chi connectivity index (χ2v) is 5.47. The van der Waals surface area contributed by atoms with Crippen LogP contribution in [0.2, 0.25) is 0 Å². The van der Waals surface area contributed by atoms with E-state index in [1.54, 1.807) is 0 Å². The number of hydrogen-bond acceptors (Lipinski definition) is 1. The Balaban J connectivity index is 2.15. The highest BCUT2D eigenvalue weighted by atomic mass is 16.1. The van der Waals surface area contributed by atoms with Crippen LogP contribution in [0.1, 0.15) is 59.7 Å². The first-order chi connectivity index (χ1) is 10.8. The molecule has 1 heteroatoms. The van der Waals surface area contributed by atoms with Crippen molar-refractivity contribution in [2.75, 3.05) is 0 Å². The highest BCUT2D eigenvalue weighted by Crippen LogP contribution is 2.13. The van der Waals surface area contributed by atoms with Crippen molar-refractivity contribution in [2.45, 2.75) is 39.0 Å². The van der Waals surface area contributed by atoms with Crippen LogP contribution in [0.5, 0.6) is 0 Å². The van der Waals surface area contributed by atoms with Crippen molar-refractivity contribution in [1.29, 1.82) is 0 Å². The number of hydrogen-bond donors (Lipinski definition) is 0. The molecule has 0 saturated heterocycles. The normalized spacial score (nSPS) is 9.86. The fourth-order valence-corrected chi connectivity index (χ4v) is 2.39. The average molecular weight is 290 g/mol. The van der Waals surface area contributed by atoms with Gasteiger partial charge < -0.3 is 0 Å². The summed E-state index contributed by atoms with van der Waals surface area (Å²) in [6.45, 7) is 2.22. The van der Waals surface area contributed by atoms with E-state index >= 15 is 0 Å². The second kappa shape index (κ2) is 8.85. The van der Waals surface area contributed by atoms with E-state index in [0.717, 1.165) is 23.8 Å². The molecule has 112 valence electrons. The molecule has 22 heavy (non-hydrogen) atoms. The number of aryl methyl sites for hydroxylation is 1. The first-order valence-electron chi connectivity index (χ1n) is 7.98. The minimum Gasteiger partial charge on any atom is -0.298 e. The summed E-state index contributed by atoms with van der Waals surface area (Å²) in [5.41, 5.74) is 3.72. The van der Waals surface area contributed by atoms with E-state index in [1.165, 1.54) is 31.2 Å². The number of rotatable bonds is 6. The van der Waals surface area contributed by atoms with Gasteiger partial charge in [0.05, 0.1) is 0 Å². The minimum atomic E-state index is 0.667. The van der Waals surface area contributed by atoms with Crippen molar-refractivity contribution >= 4 is 6.29 Å². The van der Waals surface area contributed by atoms with Gasteiger partial charge in [0.15, 0.2) is 6.29 Å². The van der Waals surface area contributed by atoms with Crippen LogP contribution in [0.15, 0.2) is 48.5 Å². The molecule has 0 unspecified atom stereocenters. The summed E-state index contributed by atoms with van der Waals surface area (Å²) >= 11 is 0. The third-order valence-corrected chi connectivity index (χ3v) is 3.68. The third kappa shape index (κ3) is 4.90. The van der Waals surface area contributed by atoms with Crippen LogP contribution in [0.25, 0.3) is 0 Å². The van der Waals surface area contributed by atoms with Crippen molar-refractivity contribution in [3.05, 3.63) is 70.8 Å². The molecule has 0 amide bonds. The smallest absolute Gasteiger partial charge is 0.151 e. The van der Waals surface area contributed by atoms with Crippen molar-refractivity contribution in [3.8, 4) is 11.8 Å². The second-order valence-electron chi connectivity index (χ2n) is 5.47. The van der Waals surface area contributed by atoms with E-state index in [-0.39, 0.29) is 0 Å². The van der Waals surface area contributed by atoms with Gasteiger partial charge in [-0.05, 0) is 36.6 Å². The number of carbonyl (C=O) groups excluding carboxylic acids is 1. The molecule has 2 aromatic carbocycles. The maximum absolute atomic E-state index is 11.2. The van der Waals surface area contributed by atoms with E-state index < -0.39 is 0 Å². The Morgan fingerprint density at radius 2 is 1.77 bits per heavy atom. The molecule has 0 fully saturated rings. The lowest BCUT2D eigenvalue weighted by Crippen LogP contribution is -1.92. The quantitative estimate of drug-likeness (QED) is 0.414. The van der Waals surface area contributed by atoms with Gasteiger partial charge in [0.25, 0.3) is 0 Å². The highest BCUT2D eigenvalue weighted by molar-refractivity contribution is 5.79. The monoisotopic (exact) mass is 290 g/mol. The van der Waals surface area contributed by atoms with E-state index in [9.17, 15) is 4.79 Å². The van der Waals surface area contributed by atoms with E-state index in [2.05, 4.69) is 24.8 Å². The summed E-state index contributed by atoms with van der Waals surface area (Å²) < 4.78 is 0. The molecule has 0 spiro atoms. The van der Waals surface area contributed by atoms with Crippen LogP contribution >= 0.6 is 0 Å². The molecule has 0 heterocycles. The van der Waals surface area contributed by atoms with Gasteiger partial charge in [-0.3, -0.25) is 4.79 Å². The van der Waals surface area contributed by atoms with E-state index in [0.29, 0.717) is 5.56 Å². The molecule has 0 atom stereocenters. The van der Waals surface area contributed by atoms with Crippen LogP contribution in [-0.2, 0) is 6.42 Å². The number of aldehydes is 1. The first-order valence-corrected chi connectivity index (χ1v) is 7.98. The number of benzene rings is 2. The van der Waals surface area contributed by atoms with Gasteiger partial charge in [-0.2, -0.15) is 0 Å². The fourth-order valence-electron chi connectivity index (χ4n) is 2.39. The standard InChI is InChI=1S/C21H22O/c1-2-3-4-6-11-19-13-15-21(17-22)20(16-19)14-12-18-9-7-5-8-10-18/h5,7-10,13,15-17H,2-4,6,11H2,1H3. The summed E-state index contributed by atoms with van der Waals surface area (Å²) in [6, 6.07) is 15.8.